The summed E-state index contributed by atoms with van der Waals surface area (Å²) >= 11 is 0. The minimum absolute atomic E-state index is 0. The number of rotatable bonds is 2. The van der Waals surface area contributed by atoms with Crippen LogP contribution in [-0.4, -0.2) is 37.0 Å². The van der Waals surface area contributed by atoms with Crippen molar-refractivity contribution in [3.8, 4) is 0 Å². The molecule has 1 amide bonds. The second kappa shape index (κ2) is 7.13. The number of nitrogens with zero attached hydrogens (tertiary/aromatic N) is 1. The third-order valence-corrected chi connectivity index (χ3v) is 5.68. The summed E-state index contributed by atoms with van der Waals surface area (Å²) in [4.78, 5) is 14.5. The van der Waals surface area contributed by atoms with Crippen molar-refractivity contribution < 1.29 is 4.79 Å². The van der Waals surface area contributed by atoms with E-state index in [2.05, 4.69) is 10.2 Å². The standard InChI is InChI=1S/C16H28N2O.ClH/c19-15(12-14-4-1-2-5-14)18-10-7-16(8-11-18)6-3-9-17-13-16;/h14,17H,1-13H2;1H. The Morgan fingerprint density at radius 3 is 2.40 bits per heavy atom. The van der Waals surface area contributed by atoms with Crippen LogP contribution in [0, 0.1) is 11.3 Å². The predicted octanol–water partition coefficient (Wildman–Crippen LogP) is 2.98. The fourth-order valence-electron chi connectivity index (χ4n) is 4.28. The number of carbonyl (C=O) groups excluding carboxylic acids is 1. The second-order valence-corrected chi connectivity index (χ2v) is 7.02. The van der Waals surface area contributed by atoms with Gasteiger partial charge < -0.3 is 10.2 Å². The van der Waals surface area contributed by atoms with Crippen molar-refractivity contribution in [1.29, 1.82) is 0 Å². The summed E-state index contributed by atoms with van der Waals surface area (Å²) in [5, 5.41) is 3.54. The van der Waals surface area contributed by atoms with Crippen LogP contribution in [0.15, 0.2) is 0 Å². The average molecular weight is 301 g/mol. The monoisotopic (exact) mass is 300 g/mol. The summed E-state index contributed by atoms with van der Waals surface area (Å²) in [5.41, 5.74) is 0.516. The molecule has 3 nitrogen and oxygen atoms in total. The van der Waals surface area contributed by atoms with Crippen LogP contribution >= 0.6 is 12.4 Å². The Labute approximate surface area is 129 Å². The molecule has 1 N–H and O–H groups in total. The molecule has 0 aromatic carbocycles. The van der Waals surface area contributed by atoms with Gasteiger partial charge in [0.05, 0.1) is 0 Å². The molecule has 2 aliphatic heterocycles. The molecule has 3 fully saturated rings. The zero-order chi connectivity index (χ0) is 13.1. The van der Waals surface area contributed by atoms with E-state index in [0.29, 0.717) is 17.2 Å². The molecule has 1 aliphatic carbocycles. The van der Waals surface area contributed by atoms with Gasteiger partial charge in [0, 0.05) is 26.1 Å². The van der Waals surface area contributed by atoms with Gasteiger partial charge in [-0.15, -0.1) is 12.4 Å². The molecule has 3 rings (SSSR count). The van der Waals surface area contributed by atoms with E-state index in [4.69, 9.17) is 0 Å². The summed E-state index contributed by atoms with van der Waals surface area (Å²) in [6.07, 6.45) is 11.2. The van der Waals surface area contributed by atoms with Gasteiger partial charge in [0.15, 0.2) is 0 Å². The van der Waals surface area contributed by atoms with Crippen molar-refractivity contribution in [2.75, 3.05) is 26.2 Å². The van der Waals surface area contributed by atoms with E-state index < -0.39 is 0 Å². The summed E-state index contributed by atoms with van der Waals surface area (Å²) in [6.45, 7) is 4.38. The minimum Gasteiger partial charge on any atom is -0.343 e. The number of carbonyl (C=O) groups is 1. The van der Waals surface area contributed by atoms with Crippen LogP contribution in [0.4, 0.5) is 0 Å². The van der Waals surface area contributed by atoms with Gasteiger partial charge in [0.1, 0.15) is 0 Å². The highest BCUT2D eigenvalue weighted by Gasteiger charge is 2.37. The smallest absolute Gasteiger partial charge is 0.222 e. The van der Waals surface area contributed by atoms with Crippen LogP contribution in [0.2, 0.25) is 0 Å². The Balaban J connectivity index is 0.00000147. The van der Waals surface area contributed by atoms with E-state index in [1.807, 2.05) is 0 Å². The van der Waals surface area contributed by atoms with Crippen molar-refractivity contribution in [3.05, 3.63) is 0 Å². The molecule has 0 bridgehead atoms. The lowest BCUT2D eigenvalue weighted by Crippen LogP contribution is -2.49. The van der Waals surface area contributed by atoms with Crippen molar-refractivity contribution in [2.45, 2.75) is 57.8 Å². The van der Waals surface area contributed by atoms with E-state index in [1.54, 1.807) is 0 Å². The van der Waals surface area contributed by atoms with Crippen LogP contribution < -0.4 is 5.32 Å². The zero-order valence-corrected chi connectivity index (χ0v) is 13.3. The molecule has 2 heterocycles. The maximum atomic E-state index is 12.3. The van der Waals surface area contributed by atoms with E-state index in [0.717, 1.165) is 19.5 Å². The Morgan fingerprint density at radius 2 is 1.80 bits per heavy atom. The SMILES string of the molecule is Cl.O=C(CC1CCCC1)N1CCC2(CCCNC2)CC1. The molecule has 2 saturated heterocycles. The molecule has 0 radical (unpaired) electrons. The molecule has 0 atom stereocenters. The minimum atomic E-state index is 0. The number of halogens is 1. The van der Waals surface area contributed by atoms with Gasteiger partial charge in [-0.1, -0.05) is 12.8 Å². The van der Waals surface area contributed by atoms with Crippen molar-refractivity contribution in [2.24, 2.45) is 11.3 Å². The first-order chi connectivity index (χ1) is 9.27. The molecule has 1 saturated carbocycles. The fourth-order valence-corrected chi connectivity index (χ4v) is 4.28. The molecule has 3 aliphatic rings. The first kappa shape index (κ1) is 16.1. The number of piperidine rings is 2. The van der Waals surface area contributed by atoms with Crippen LogP contribution in [0.1, 0.15) is 57.8 Å². The zero-order valence-electron chi connectivity index (χ0n) is 12.5. The molecule has 4 heteroatoms. The summed E-state index contributed by atoms with van der Waals surface area (Å²) < 4.78 is 0. The van der Waals surface area contributed by atoms with Crippen molar-refractivity contribution in [1.82, 2.24) is 10.2 Å². The number of likely N-dealkylation sites (tertiary alicyclic amines) is 1. The first-order valence-electron chi connectivity index (χ1n) is 8.26. The van der Waals surface area contributed by atoms with Gasteiger partial charge in [0.2, 0.25) is 5.91 Å². The van der Waals surface area contributed by atoms with Crippen molar-refractivity contribution in [3.63, 3.8) is 0 Å². The van der Waals surface area contributed by atoms with Gasteiger partial charge in [0.25, 0.3) is 0 Å². The highest BCUT2D eigenvalue weighted by molar-refractivity contribution is 5.85. The molecule has 0 unspecified atom stereocenters. The topological polar surface area (TPSA) is 32.3 Å². The quantitative estimate of drug-likeness (QED) is 0.850. The van der Waals surface area contributed by atoms with Crippen LogP contribution in [0.3, 0.4) is 0 Å². The molecule has 1 spiro atoms. The van der Waals surface area contributed by atoms with Gasteiger partial charge in [-0.05, 0) is 56.4 Å². The maximum Gasteiger partial charge on any atom is 0.222 e. The van der Waals surface area contributed by atoms with Gasteiger partial charge in [-0.25, -0.2) is 0 Å². The largest absolute Gasteiger partial charge is 0.343 e. The molecular formula is C16H29ClN2O. The average Bonchev–Trinajstić information content (AvgIpc) is 2.93. The molecule has 20 heavy (non-hydrogen) atoms. The number of hydrogen-bond donors (Lipinski definition) is 1. The van der Waals surface area contributed by atoms with Gasteiger partial charge in [-0.3, -0.25) is 4.79 Å². The summed E-state index contributed by atoms with van der Waals surface area (Å²) in [6, 6.07) is 0. The van der Waals surface area contributed by atoms with Gasteiger partial charge in [-0.2, -0.15) is 0 Å². The lowest BCUT2D eigenvalue weighted by Gasteiger charge is -2.44. The third-order valence-electron chi connectivity index (χ3n) is 5.68. The van der Waals surface area contributed by atoms with Crippen LogP contribution in [0.25, 0.3) is 0 Å². The Kier molecular flexibility index (Phi) is 5.74. The lowest BCUT2D eigenvalue weighted by atomic mass is 9.73. The molecular weight excluding hydrogens is 272 g/mol. The number of amides is 1. The highest BCUT2D eigenvalue weighted by Crippen LogP contribution is 2.38. The second-order valence-electron chi connectivity index (χ2n) is 7.02. The van der Waals surface area contributed by atoms with Crippen LogP contribution in [0.5, 0.6) is 0 Å². The van der Waals surface area contributed by atoms with Crippen molar-refractivity contribution >= 4 is 18.3 Å². The Morgan fingerprint density at radius 1 is 1.10 bits per heavy atom. The highest BCUT2D eigenvalue weighted by atomic mass is 35.5. The Hall–Kier alpha value is -0.280. The third kappa shape index (κ3) is 3.67. The van der Waals surface area contributed by atoms with E-state index >= 15 is 0 Å². The van der Waals surface area contributed by atoms with E-state index in [9.17, 15) is 4.79 Å². The van der Waals surface area contributed by atoms with E-state index in [1.165, 1.54) is 64.5 Å². The summed E-state index contributed by atoms with van der Waals surface area (Å²) in [7, 11) is 0. The number of hydrogen-bond acceptors (Lipinski definition) is 2. The Bertz CT molecular complexity index is 312. The van der Waals surface area contributed by atoms with Gasteiger partial charge >= 0.3 is 0 Å². The molecule has 0 aromatic heterocycles. The first-order valence-corrected chi connectivity index (χ1v) is 8.26. The van der Waals surface area contributed by atoms with E-state index in [-0.39, 0.29) is 12.4 Å². The fraction of sp³-hybridized carbons (Fsp3) is 0.938. The lowest BCUT2D eigenvalue weighted by molar-refractivity contribution is -0.134. The molecule has 0 aromatic rings. The maximum absolute atomic E-state index is 12.3. The molecule has 116 valence electrons. The summed E-state index contributed by atoms with van der Waals surface area (Å²) in [5.74, 6) is 1.13. The van der Waals surface area contributed by atoms with Crippen LogP contribution in [-0.2, 0) is 4.79 Å². The predicted molar refractivity (Wildman–Crippen MR) is 84.2 cm³/mol. The normalized spacial score (nSPS) is 26.5. The number of nitrogens with one attached hydrogen (secondary N) is 1.